The van der Waals surface area contributed by atoms with E-state index in [1.807, 2.05) is 0 Å². The first-order valence-electron chi connectivity index (χ1n) is 49.5. The van der Waals surface area contributed by atoms with Crippen molar-refractivity contribution in [1.82, 2.24) is 19.9 Å². The summed E-state index contributed by atoms with van der Waals surface area (Å²) >= 11 is 0. The van der Waals surface area contributed by atoms with Gasteiger partial charge in [-0.1, -0.05) is 455 Å². The minimum atomic E-state index is -0.661. The molecule has 3 aromatic heterocycles. The normalized spacial score (nSPS) is 14.0. The van der Waals surface area contributed by atoms with Gasteiger partial charge in [0.1, 0.15) is 11.2 Å². The molecule has 5 heteroatoms. The lowest BCUT2D eigenvalue weighted by Crippen LogP contribution is -2.43. The highest BCUT2D eigenvalue weighted by Gasteiger charge is 2.61. The first-order chi connectivity index (χ1) is 70.9. The third-order valence-corrected chi connectivity index (χ3v) is 32.2. The quantitative estimate of drug-likeness (QED) is 0.129. The van der Waals surface area contributed by atoms with Crippen LogP contribution in [0.15, 0.2) is 514 Å². The molecule has 662 valence electrons. The summed E-state index contributed by atoms with van der Waals surface area (Å²) in [6.45, 7) is 0. The Labute approximate surface area is 828 Å². The smallest absolute Gasteiger partial charge is 0.161 e. The Morgan fingerprint density at radius 3 is 0.860 bits per heavy atom. The number of rotatable bonds is 11. The van der Waals surface area contributed by atoms with E-state index >= 15 is 0 Å². The fourth-order valence-corrected chi connectivity index (χ4v) is 26.3. The Hall–Kier alpha value is -18.4. The van der Waals surface area contributed by atoms with E-state index in [0.717, 1.165) is 128 Å². The lowest BCUT2D eigenvalue weighted by molar-refractivity contribution is 0.633. The van der Waals surface area contributed by atoms with Crippen molar-refractivity contribution in [2.45, 2.75) is 21.7 Å². The second-order valence-corrected chi connectivity index (χ2v) is 39.0. The van der Waals surface area contributed by atoms with Crippen molar-refractivity contribution in [1.29, 1.82) is 0 Å². The van der Waals surface area contributed by atoms with Gasteiger partial charge in [0, 0.05) is 49.7 Å². The SMILES string of the molecule is c1ccc(-c2cc(-c3ccc(-c4cccc5c4oc4ccc(-c6ccc(-c7nc(-c8ccccc8)cc(-c8ccccc8)n7)c(-c7ccc8c(c7)-c7ccccc7C87c8ccccc8C8(c9ccccc9-c9ccccc98)c8ccccc87)c6)cc45)cc3)nc(-c3cccc(-c4ccc(-c5ccc6c(c5)C5(c7ccccc7-c7ccccc75)c5ccccc5C65c6ccccc6-c6ccccc65)cc4)c3)n2)cc1. The van der Waals surface area contributed by atoms with Crippen LogP contribution in [0, 0.1) is 0 Å². The van der Waals surface area contributed by atoms with Crippen molar-refractivity contribution in [2.75, 3.05) is 0 Å². The summed E-state index contributed by atoms with van der Waals surface area (Å²) in [5.74, 6) is 1.28. The summed E-state index contributed by atoms with van der Waals surface area (Å²) < 4.78 is 7.09. The van der Waals surface area contributed by atoms with E-state index in [1.165, 1.54) is 139 Å². The van der Waals surface area contributed by atoms with Gasteiger partial charge >= 0.3 is 0 Å². The van der Waals surface area contributed by atoms with Gasteiger partial charge in [-0.2, -0.15) is 0 Å². The van der Waals surface area contributed by atoms with Crippen LogP contribution in [0.3, 0.4) is 0 Å². The highest BCUT2D eigenvalue weighted by atomic mass is 16.3. The summed E-state index contributed by atoms with van der Waals surface area (Å²) in [4.78, 5) is 22.0. The topological polar surface area (TPSA) is 64.7 Å². The van der Waals surface area contributed by atoms with Gasteiger partial charge in [-0.15, -0.1) is 0 Å². The lowest BCUT2D eigenvalue weighted by Gasteiger charge is -2.49. The largest absolute Gasteiger partial charge is 0.455 e. The number of aromatic nitrogens is 4. The molecule has 0 saturated carbocycles. The van der Waals surface area contributed by atoms with Crippen LogP contribution in [0.4, 0.5) is 0 Å². The molecule has 4 spiro atoms. The van der Waals surface area contributed by atoms with Gasteiger partial charge in [-0.05, 0) is 238 Å². The summed E-state index contributed by atoms with van der Waals surface area (Å²) in [6.07, 6.45) is 0. The number of para-hydroxylation sites is 1. The van der Waals surface area contributed by atoms with Crippen molar-refractivity contribution in [2.24, 2.45) is 0 Å². The minimum Gasteiger partial charge on any atom is -0.455 e. The maximum absolute atomic E-state index is 7.09. The molecule has 6 aliphatic carbocycles. The van der Waals surface area contributed by atoms with Crippen molar-refractivity contribution in [3.05, 3.63) is 599 Å². The van der Waals surface area contributed by atoms with Crippen LogP contribution in [0.1, 0.15) is 89.0 Å². The summed E-state index contributed by atoms with van der Waals surface area (Å²) in [5, 5.41) is 2.06. The fourth-order valence-electron chi connectivity index (χ4n) is 26.3. The van der Waals surface area contributed by atoms with Gasteiger partial charge in [-0.25, -0.2) is 19.9 Å². The van der Waals surface area contributed by atoms with E-state index in [-0.39, 0.29) is 0 Å². The third-order valence-electron chi connectivity index (χ3n) is 32.2. The number of furan rings is 1. The Kier molecular flexibility index (Phi) is 17.5. The minimum absolute atomic E-state index is 0.554. The number of fused-ring (bicyclic) bond motifs is 35. The molecule has 0 fully saturated rings. The Balaban J connectivity index is 0.502. The van der Waals surface area contributed by atoms with Crippen LogP contribution in [-0.2, 0) is 21.7 Å². The molecule has 21 aromatic carbocycles. The molecule has 5 nitrogen and oxygen atoms in total. The molecule has 0 amide bonds. The van der Waals surface area contributed by atoms with E-state index in [1.54, 1.807) is 0 Å². The van der Waals surface area contributed by atoms with E-state index in [0.29, 0.717) is 11.6 Å². The zero-order valence-electron chi connectivity index (χ0n) is 77.7. The summed E-state index contributed by atoms with van der Waals surface area (Å²) in [5.41, 5.74) is 50.3. The number of hydrogen-bond acceptors (Lipinski definition) is 5. The molecule has 0 N–H and O–H groups in total. The molecule has 0 bridgehead atoms. The van der Waals surface area contributed by atoms with Crippen LogP contribution in [0.5, 0.6) is 0 Å². The zero-order chi connectivity index (χ0) is 93.8. The van der Waals surface area contributed by atoms with Gasteiger partial charge in [0.25, 0.3) is 0 Å². The first-order valence-corrected chi connectivity index (χ1v) is 49.5. The van der Waals surface area contributed by atoms with Gasteiger partial charge in [0.15, 0.2) is 11.6 Å². The van der Waals surface area contributed by atoms with Gasteiger partial charge in [-0.3, -0.25) is 0 Å². The summed E-state index contributed by atoms with van der Waals surface area (Å²) in [7, 11) is 0. The van der Waals surface area contributed by atoms with Gasteiger partial charge in [0.2, 0.25) is 0 Å². The molecule has 3 heterocycles. The highest BCUT2D eigenvalue weighted by Crippen LogP contribution is 2.71. The Bertz CT molecular complexity index is 9230. The molecule has 30 rings (SSSR count). The Morgan fingerprint density at radius 1 is 0.133 bits per heavy atom. The van der Waals surface area contributed by atoms with Crippen molar-refractivity contribution in [3.8, 4) is 168 Å². The molecule has 0 radical (unpaired) electrons. The molecule has 0 aliphatic heterocycles. The number of nitrogens with zero attached hydrogens (tertiary/aromatic N) is 4. The van der Waals surface area contributed by atoms with Crippen molar-refractivity contribution < 1.29 is 4.42 Å². The highest BCUT2D eigenvalue weighted by molar-refractivity contribution is 6.11. The van der Waals surface area contributed by atoms with Crippen molar-refractivity contribution >= 4 is 21.9 Å². The molecule has 0 saturated heterocycles. The van der Waals surface area contributed by atoms with Crippen LogP contribution in [-0.4, -0.2) is 19.9 Å². The molecular formula is C138H84N4O. The molecule has 24 aromatic rings. The lowest BCUT2D eigenvalue weighted by atomic mass is 9.52. The van der Waals surface area contributed by atoms with E-state index in [9.17, 15) is 0 Å². The van der Waals surface area contributed by atoms with Gasteiger partial charge in [0.05, 0.1) is 44.4 Å². The number of benzene rings is 21. The molecule has 0 atom stereocenters. The van der Waals surface area contributed by atoms with E-state index < -0.39 is 21.7 Å². The maximum Gasteiger partial charge on any atom is 0.161 e. The van der Waals surface area contributed by atoms with Crippen LogP contribution in [0.2, 0.25) is 0 Å². The molecule has 0 unspecified atom stereocenters. The van der Waals surface area contributed by atoms with E-state index in [4.69, 9.17) is 24.4 Å². The molecule has 6 aliphatic rings. The van der Waals surface area contributed by atoms with Crippen molar-refractivity contribution in [3.63, 3.8) is 0 Å². The average molecular weight is 1810 g/mol. The third kappa shape index (κ3) is 11.4. The number of hydrogen-bond donors (Lipinski definition) is 0. The van der Waals surface area contributed by atoms with Gasteiger partial charge < -0.3 is 4.42 Å². The average Bonchev–Trinajstić information content (AvgIpc) is 1.50. The predicted octanol–water partition coefficient (Wildman–Crippen LogP) is 33.6. The second-order valence-electron chi connectivity index (χ2n) is 39.0. The monoisotopic (exact) mass is 1810 g/mol. The fraction of sp³-hybridized carbons (Fsp3) is 0.0290. The van der Waals surface area contributed by atoms with Crippen LogP contribution < -0.4 is 0 Å². The molecule has 143 heavy (non-hydrogen) atoms. The Morgan fingerprint density at radius 2 is 0.413 bits per heavy atom. The zero-order valence-corrected chi connectivity index (χ0v) is 77.7. The predicted molar refractivity (Wildman–Crippen MR) is 581 cm³/mol. The maximum atomic E-state index is 7.09. The second kappa shape index (κ2) is 31.0. The van der Waals surface area contributed by atoms with E-state index in [2.05, 4.69) is 510 Å². The van der Waals surface area contributed by atoms with Crippen LogP contribution in [0.25, 0.3) is 190 Å². The standard InChI is InChI=1S/C138H84N4O/c1-4-32-88(33-5-1)127-83-130(140-133(139-127)97-39-30-38-92(78-97)85-62-64-86(65-63-85)95-71-76-125-126(82-95)138(115-53-21-14-44-103(115)104-45-15-22-54-116(104)138)124-61-29-28-60-123(124)136(125)113-51-19-12-42-101(113)102-43-13-20-52-114(102)136)91-68-66-87(67-69-91)98-47-31-48-106-110-80-94(73-77-131(110)143-132(98)106)93-70-74-107(134-141-128(89-34-6-2-7-35-89)84-129(142-134)90-36-8-3-9-37-90)108(79-93)96-72-75-118-109(81-96)105-46-16-23-55-117(105)137(118)121-58-26-24-56-119(121)135(120-57-25-27-59-122(120)137)111-49-17-10-40-99(111)100-41-11-18-50-112(100)135/h1-84H. The van der Waals surface area contributed by atoms with Crippen LogP contribution >= 0.6 is 0 Å². The molecular weight excluding hydrogens is 1730 g/mol. The first kappa shape index (κ1) is 80.7. The summed E-state index contributed by atoms with van der Waals surface area (Å²) in [6, 6.07) is 189.